The predicted molar refractivity (Wildman–Crippen MR) is 266 cm³/mol. The number of aromatic nitrogens is 8. The molecule has 0 radical (unpaired) electrons. The fraction of sp³-hybridized carbons (Fsp3) is 0. The van der Waals surface area contributed by atoms with Crippen molar-refractivity contribution >= 4 is 65.2 Å². The summed E-state index contributed by atoms with van der Waals surface area (Å²) in [4.78, 5) is 39.9. The molecule has 0 spiro atoms. The standard InChI is InChI=1S/C58H34N8/c1-2-9-38-27-44-28-42(20-19-39(44)26-37(38)8-1)57-64-56(36-17-15-35(16-18-36)43-12-3-21-59-34-43)65-58(66-57)47-30-45(52-48-13-6-22-60-50(48)32-40-10-4-24-62-54(40)52)29-46(31-47)53-49-14-7-23-61-51(49)33-41-11-5-25-63-55(41)53/h1-34H. The zero-order valence-electron chi connectivity index (χ0n) is 35.2. The first-order valence-corrected chi connectivity index (χ1v) is 21.8. The maximum Gasteiger partial charge on any atom is 0.164 e. The molecule has 0 N–H and O–H groups in total. The molecule has 0 unspecified atom stereocenters. The molecular formula is C58H34N8. The number of fused-ring (bicyclic) bond motifs is 6. The number of pyridine rings is 5. The van der Waals surface area contributed by atoms with Crippen molar-refractivity contribution in [1.82, 2.24) is 39.9 Å². The highest BCUT2D eigenvalue weighted by Crippen LogP contribution is 2.42. The van der Waals surface area contributed by atoms with Gasteiger partial charge >= 0.3 is 0 Å². The molecule has 8 heteroatoms. The van der Waals surface area contributed by atoms with Crippen molar-refractivity contribution in [3.8, 4) is 67.5 Å². The summed E-state index contributed by atoms with van der Waals surface area (Å²) < 4.78 is 0. The van der Waals surface area contributed by atoms with Crippen LogP contribution < -0.4 is 0 Å². The predicted octanol–water partition coefficient (Wildman–Crippen LogP) is 13.8. The van der Waals surface area contributed by atoms with Crippen molar-refractivity contribution in [2.24, 2.45) is 0 Å². The summed E-state index contributed by atoms with van der Waals surface area (Å²) in [5.74, 6) is 1.65. The van der Waals surface area contributed by atoms with E-state index in [1.807, 2.05) is 61.3 Å². The third kappa shape index (κ3) is 6.47. The van der Waals surface area contributed by atoms with Crippen molar-refractivity contribution in [2.75, 3.05) is 0 Å². The first kappa shape index (κ1) is 37.4. The second-order valence-corrected chi connectivity index (χ2v) is 16.5. The lowest BCUT2D eigenvalue weighted by Gasteiger charge is -2.16. The SMILES string of the molecule is c1cncc(-c2ccc(-c3nc(-c4cc(-c5c6cccnc6cc6cccnc56)cc(-c5c6cccnc6cc6cccnc56)c4)nc(-c4ccc5cc6ccccc6cc5c4)n3)cc2)c1. The lowest BCUT2D eigenvalue weighted by molar-refractivity contribution is 1.07. The fourth-order valence-corrected chi connectivity index (χ4v) is 9.34. The van der Waals surface area contributed by atoms with Gasteiger partial charge in [0.1, 0.15) is 0 Å². The van der Waals surface area contributed by atoms with Gasteiger partial charge in [0.25, 0.3) is 0 Å². The van der Waals surface area contributed by atoms with E-state index >= 15 is 0 Å². The summed E-state index contributed by atoms with van der Waals surface area (Å²) in [6, 6.07) is 58.8. The number of benzene rings is 7. The van der Waals surface area contributed by atoms with Gasteiger partial charge in [-0.15, -0.1) is 0 Å². The lowest BCUT2D eigenvalue weighted by Crippen LogP contribution is -2.01. The van der Waals surface area contributed by atoms with E-state index in [4.69, 9.17) is 34.9 Å². The van der Waals surface area contributed by atoms with E-state index in [-0.39, 0.29) is 0 Å². The Bertz CT molecular complexity index is 3810. The van der Waals surface area contributed by atoms with Gasteiger partial charge in [-0.05, 0) is 123 Å². The summed E-state index contributed by atoms with van der Waals surface area (Å²) in [7, 11) is 0. The Labute approximate surface area is 378 Å². The molecule has 0 aliphatic rings. The van der Waals surface area contributed by atoms with Crippen LogP contribution in [-0.4, -0.2) is 39.9 Å². The minimum atomic E-state index is 0.527. The second kappa shape index (κ2) is 15.3. The zero-order chi connectivity index (χ0) is 43.6. The molecule has 306 valence electrons. The molecule has 0 amide bonds. The average molecular weight is 843 g/mol. The summed E-state index contributed by atoms with van der Waals surface area (Å²) in [5, 5.41) is 8.59. The van der Waals surface area contributed by atoms with Gasteiger partial charge in [-0.3, -0.25) is 24.9 Å². The van der Waals surface area contributed by atoms with E-state index in [1.165, 1.54) is 10.8 Å². The Morgan fingerprint density at radius 3 is 1.38 bits per heavy atom. The van der Waals surface area contributed by atoms with Crippen molar-refractivity contribution in [2.45, 2.75) is 0 Å². The minimum Gasteiger partial charge on any atom is -0.264 e. The average Bonchev–Trinajstić information content (AvgIpc) is 3.38. The highest BCUT2D eigenvalue weighted by Gasteiger charge is 2.21. The van der Waals surface area contributed by atoms with Crippen LogP contribution in [0.25, 0.3) is 133 Å². The van der Waals surface area contributed by atoms with Gasteiger partial charge < -0.3 is 0 Å². The van der Waals surface area contributed by atoms with Crippen LogP contribution in [0.1, 0.15) is 0 Å². The zero-order valence-corrected chi connectivity index (χ0v) is 35.2. The molecule has 13 rings (SSSR count). The van der Waals surface area contributed by atoms with Crippen molar-refractivity contribution < 1.29 is 0 Å². The highest BCUT2D eigenvalue weighted by molar-refractivity contribution is 6.13. The van der Waals surface area contributed by atoms with Gasteiger partial charge in [0, 0.05) is 86.5 Å². The van der Waals surface area contributed by atoms with Crippen LogP contribution >= 0.6 is 0 Å². The Morgan fingerprint density at radius 1 is 0.273 bits per heavy atom. The molecule has 6 aromatic heterocycles. The third-order valence-corrected chi connectivity index (χ3v) is 12.5. The first-order valence-electron chi connectivity index (χ1n) is 21.8. The van der Waals surface area contributed by atoms with Crippen LogP contribution in [0.2, 0.25) is 0 Å². The molecule has 66 heavy (non-hydrogen) atoms. The normalized spacial score (nSPS) is 11.6. The Morgan fingerprint density at radius 2 is 0.758 bits per heavy atom. The Kier molecular flexibility index (Phi) is 8.67. The Hall–Kier alpha value is -9.14. The highest BCUT2D eigenvalue weighted by atomic mass is 15.0. The summed E-state index contributed by atoms with van der Waals surface area (Å²) in [5.41, 5.74) is 12.0. The first-order chi connectivity index (χ1) is 32.7. The molecule has 0 aliphatic heterocycles. The fourth-order valence-electron chi connectivity index (χ4n) is 9.34. The summed E-state index contributed by atoms with van der Waals surface area (Å²) in [6.45, 7) is 0. The summed E-state index contributed by atoms with van der Waals surface area (Å²) in [6.07, 6.45) is 11.0. The van der Waals surface area contributed by atoms with Crippen LogP contribution in [0.5, 0.6) is 0 Å². The lowest BCUT2D eigenvalue weighted by atomic mass is 9.90. The smallest absolute Gasteiger partial charge is 0.164 e. The van der Waals surface area contributed by atoms with Crippen molar-refractivity contribution in [1.29, 1.82) is 0 Å². The Balaban J connectivity index is 1.09. The van der Waals surface area contributed by atoms with Crippen molar-refractivity contribution in [3.63, 3.8) is 0 Å². The molecule has 8 nitrogen and oxygen atoms in total. The molecule has 0 atom stereocenters. The molecule has 0 saturated carbocycles. The van der Waals surface area contributed by atoms with Crippen LogP contribution in [0.4, 0.5) is 0 Å². The molecule has 0 aliphatic carbocycles. The topological polar surface area (TPSA) is 103 Å². The molecule has 0 fully saturated rings. The van der Waals surface area contributed by atoms with Gasteiger partial charge in [-0.2, -0.15) is 0 Å². The molecular weight excluding hydrogens is 809 g/mol. The van der Waals surface area contributed by atoms with Crippen molar-refractivity contribution in [3.05, 3.63) is 207 Å². The van der Waals surface area contributed by atoms with E-state index in [1.54, 1.807) is 6.20 Å². The van der Waals surface area contributed by atoms with Gasteiger partial charge in [0.15, 0.2) is 17.5 Å². The monoisotopic (exact) mass is 842 g/mol. The van der Waals surface area contributed by atoms with Gasteiger partial charge in [-0.1, -0.05) is 91.0 Å². The third-order valence-electron chi connectivity index (χ3n) is 12.5. The second-order valence-electron chi connectivity index (χ2n) is 16.5. The molecule has 0 saturated heterocycles. The van der Waals surface area contributed by atoms with E-state index < -0.39 is 0 Å². The van der Waals surface area contributed by atoms with E-state index in [2.05, 4.69) is 145 Å². The molecule has 6 heterocycles. The van der Waals surface area contributed by atoms with Gasteiger partial charge in [-0.25, -0.2) is 15.0 Å². The van der Waals surface area contributed by atoms with E-state index in [0.717, 1.165) is 104 Å². The molecule has 0 bridgehead atoms. The van der Waals surface area contributed by atoms with Gasteiger partial charge in [0.2, 0.25) is 0 Å². The van der Waals surface area contributed by atoms with Crippen LogP contribution in [0.3, 0.4) is 0 Å². The van der Waals surface area contributed by atoms with Crippen LogP contribution in [0, 0.1) is 0 Å². The quantitative estimate of drug-likeness (QED) is 0.152. The maximum absolute atomic E-state index is 5.37. The molecule has 7 aromatic carbocycles. The van der Waals surface area contributed by atoms with E-state index in [0.29, 0.717) is 17.5 Å². The van der Waals surface area contributed by atoms with Crippen LogP contribution in [0.15, 0.2) is 207 Å². The maximum atomic E-state index is 5.37. The van der Waals surface area contributed by atoms with E-state index in [9.17, 15) is 0 Å². The van der Waals surface area contributed by atoms with Crippen LogP contribution in [-0.2, 0) is 0 Å². The number of rotatable bonds is 6. The number of nitrogens with zero attached hydrogens (tertiary/aromatic N) is 8. The van der Waals surface area contributed by atoms with Gasteiger partial charge in [0.05, 0.1) is 22.1 Å². The number of hydrogen-bond acceptors (Lipinski definition) is 8. The number of hydrogen-bond donors (Lipinski definition) is 0. The largest absolute Gasteiger partial charge is 0.264 e. The molecule has 13 aromatic rings. The minimum absolute atomic E-state index is 0.527. The summed E-state index contributed by atoms with van der Waals surface area (Å²) >= 11 is 0.